The lowest BCUT2D eigenvalue weighted by Gasteiger charge is -1.95. The van der Waals surface area contributed by atoms with Crippen molar-refractivity contribution in [3.8, 4) is 0 Å². The molecule has 3 nitrogen and oxygen atoms in total. The van der Waals surface area contributed by atoms with Gasteiger partial charge in [-0.05, 0) is 13.0 Å². The van der Waals surface area contributed by atoms with E-state index in [1.54, 1.807) is 6.07 Å². The molecule has 0 atom stereocenters. The van der Waals surface area contributed by atoms with Gasteiger partial charge in [0.1, 0.15) is 0 Å². The molecular weight excluding hydrogens is 166 g/mol. The van der Waals surface area contributed by atoms with E-state index in [0.717, 1.165) is 0 Å². The fourth-order valence-corrected chi connectivity index (χ4v) is 0.873. The van der Waals surface area contributed by atoms with E-state index in [4.69, 9.17) is 11.6 Å². The monoisotopic (exact) mass is 170 g/mol. The molecule has 0 aliphatic carbocycles. The van der Waals surface area contributed by atoms with Gasteiger partial charge in [0.15, 0.2) is 0 Å². The molecule has 0 aromatic heterocycles. The first-order valence-corrected chi connectivity index (χ1v) is 3.25. The minimum atomic E-state index is -0.506. The number of benzene rings is 1. The number of rotatable bonds is 1. The van der Waals surface area contributed by atoms with Gasteiger partial charge in [0.05, 0.1) is 4.92 Å². The minimum absolute atomic E-state index is 0.0440. The highest BCUT2D eigenvalue weighted by molar-refractivity contribution is 6.30. The van der Waals surface area contributed by atoms with E-state index in [9.17, 15) is 10.1 Å². The third-order valence-corrected chi connectivity index (χ3v) is 1.48. The van der Waals surface area contributed by atoms with Crippen molar-refractivity contribution in [3.05, 3.63) is 45.8 Å². The summed E-state index contributed by atoms with van der Waals surface area (Å²) in [5, 5.41) is 10.6. The molecule has 1 aromatic carbocycles. The minimum Gasteiger partial charge on any atom is -0.258 e. The van der Waals surface area contributed by atoms with Crippen LogP contribution in [0.2, 0.25) is 5.02 Å². The predicted molar refractivity (Wildman–Crippen MR) is 42.6 cm³/mol. The predicted octanol–water partition coefficient (Wildman–Crippen LogP) is 2.43. The molecular formula is C7H5ClNO2. The maximum atomic E-state index is 10.3. The quantitative estimate of drug-likeness (QED) is 0.480. The molecule has 1 radical (unpaired) electrons. The first-order chi connectivity index (χ1) is 5.11. The van der Waals surface area contributed by atoms with Crippen LogP contribution in [0.1, 0.15) is 5.56 Å². The molecule has 0 aliphatic heterocycles. The van der Waals surface area contributed by atoms with Gasteiger partial charge >= 0.3 is 0 Å². The molecule has 0 saturated carbocycles. The Labute approximate surface area is 68.8 Å². The van der Waals surface area contributed by atoms with Crippen molar-refractivity contribution >= 4 is 17.3 Å². The molecule has 0 amide bonds. The van der Waals surface area contributed by atoms with Crippen molar-refractivity contribution in [3.63, 3.8) is 0 Å². The van der Waals surface area contributed by atoms with Crippen LogP contribution in [0.3, 0.4) is 0 Å². The Hall–Kier alpha value is -1.09. The lowest BCUT2D eigenvalue weighted by atomic mass is 10.2. The van der Waals surface area contributed by atoms with E-state index >= 15 is 0 Å². The maximum absolute atomic E-state index is 10.3. The van der Waals surface area contributed by atoms with Crippen LogP contribution in [-0.2, 0) is 0 Å². The standard InChI is InChI=1S/C7H5ClNO2/c1-5-2-3-6(8)4-7(5)9(10)11/h2-4H,1H2. The molecule has 11 heavy (non-hydrogen) atoms. The average molecular weight is 171 g/mol. The second-order valence-electron chi connectivity index (χ2n) is 2.03. The lowest BCUT2D eigenvalue weighted by Crippen LogP contribution is -1.90. The zero-order chi connectivity index (χ0) is 8.43. The van der Waals surface area contributed by atoms with E-state index in [2.05, 4.69) is 6.92 Å². The van der Waals surface area contributed by atoms with Gasteiger partial charge < -0.3 is 0 Å². The molecule has 0 aliphatic rings. The van der Waals surface area contributed by atoms with Crippen LogP contribution in [-0.4, -0.2) is 4.92 Å². The molecule has 0 N–H and O–H groups in total. The van der Waals surface area contributed by atoms with Gasteiger partial charge in [-0.3, -0.25) is 10.1 Å². The van der Waals surface area contributed by atoms with Crippen molar-refractivity contribution in [1.82, 2.24) is 0 Å². The van der Waals surface area contributed by atoms with E-state index in [-0.39, 0.29) is 5.69 Å². The van der Waals surface area contributed by atoms with Gasteiger partial charge in [-0.25, -0.2) is 0 Å². The summed E-state index contributed by atoms with van der Waals surface area (Å²) in [5.74, 6) is 0. The molecule has 4 heteroatoms. The van der Waals surface area contributed by atoms with Gasteiger partial charge in [-0.15, -0.1) is 0 Å². The van der Waals surface area contributed by atoms with Gasteiger partial charge in [0.25, 0.3) is 5.69 Å². The Bertz CT molecular complexity index is 298. The molecule has 0 bridgehead atoms. The van der Waals surface area contributed by atoms with E-state index in [1.165, 1.54) is 12.1 Å². The second-order valence-corrected chi connectivity index (χ2v) is 2.47. The third kappa shape index (κ3) is 1.68. The van der Waals surface area contributed by atoms with Crippen LogP contribution in [0.15, 0.2) is 18.2 Å². The summed E-state index contributed by atoms with van der Waals surface area (Å²) in [6, 6.07) is 4.36. The summed E-state index contributed by atoms with van der Waals surface area (Å²) in [5.41, 5.74) is 0.330. The summed E-state index contributed by atoms with van der Waals surface area (Å²) >= 11 is 5.53. The van der Waals surface area contributed by atoms with Crippen molar-refractivity contribution in [2.24, 2.45) is 0 Å². The Kier molecular flexibility index (Phi) is 2.10. The van der Waals surface area contributed by atoms with Gasteiger partial charge in [0, 0.05) is 16.7 Å². The van der Waals surface area contributed by atoms with Crippen LogP contribution < -0.4 is 0 Å². The van der Waals surface area contributed by atoms with Crippen LogP contribution in [0.25, 0.3) is 0 Å². The highest BCUT2D eigenvalue weighted by Gasteiger charge is 2.09. The number of nitrogens with zero attached hydrogens (tertiary/aromatic N) is 1. The van der Waals surface area contributed by atoms with Crippen molar-refractivity contribution in [1.29, 1.82) is 0 Å². The summed E-state index contributed by atoms with van der Waals surface area (Å²) in [6.45, 7) is 3.48. The number of nitro groups is 1. The molecule has 0 heterocycles. The fourth-order valence-electron chi connectivity index (χ4n) is 0.707. The number of nitro benzene ring substituents is 1. The molecule has 0 fully saturated rings. The first-order valence-electron chi connectivity index (χ1n) is 2.87. The topological polar surface area (TPSA) is 43.1 Å². The number of hydrogen-bond donors (Lipinski definition) is 0. The Morgan fingerprint density at radius 2 is 2.18 bits per heavy atom. The maximum Gasteiger partial charge on any atom is 0.274 e. The normalized spacial score (nSPS) is 9.64. The van der Waals surface area contributed by atoms with Crippen LogP contribution in [0.4, 0.5) is 5.69 Å². The van der Waals surface area contributed by atoms with Gasteiger partial charge in [-0.2, -0.15) is 0 Å². The zero-order valence-electron chi connectivity index (χ0n) is 5.58. The highest BCUT2D eigenvalue weighted by Crippen LogP contribution is 2.21. The van der Waals surface area contributed by atoms with Crippen LogP contribution in [0, 0.1) is 17.0 Å². The van der Waals surface area contributed by atoms with E-state index in [0.29, 0.717) is 10.6 Å². The smallest absolute Gasteiger partial charge is 0.258 e. The fraction of sp³-hybridized carbons (Fsp3) is 0. The van der Waals surface area contributed by atoms with E-state index in [1.807, 2.05) is 0 Å². The highest BCUT2D eigenvalue weighted by atomic mass is 35.5. The van der Waals surface area contributed by atoms with Crippen LogP contribution >= 0.6 is 11.6 Å². The van der Waals surface area contributed by atoms with Crippen molar-refractivity contribution in [2.45, 2.75) is 0 Å². The number of hydrogen-bond acceptors (Lipinski definition) is 2. The lowest BCUT2D eigenvalue weighted by molar-refractivity contribution is -0.385. The molecule has 57 valence electrons. The summed E-state index contributed by atoms with van der Waals surface area (Å²) in [7, 11) is 0. The summed E-state index contributed by atoms with van der Waals surface area (Å²) in [6.07, 6.45) is 0. The molecule has 0 saturated heterocycles. The Balaban J connectivity index is 3.23. The zero-order valence-corrected chi connectivity index (χ0v) is 6.34. The van der Waals surface area contributed by atoms with Crippen LogP contribution in [0.5, 0.6) is 0 Å². The number of halogens is 1. The molecule has 0 spiro atoms. The summed E-state index contributed by atoms with van der Waals surface area (Å²) < 4.78 is 0. The Morgan fingerprint density at radius 1 is 1.55 bits per heavy atom. The molecule has 1 aromatic rings. The molecule has 1 rings (SSSR count). The van der Waals surface area contributed by atoms with Gasteiger partial charge in [0.2, 0.25) is 0 Å². The Morgan fingerprint density at radius 3 is 2.64 bits per heavy atom. The summed E-state index contributed by atoms with van der Waals surface area (Å²) in [4.78, 5) is 9.78. The van der Waals surface area contributed by atoms with Gasteiger partial charge in [-0.1, -0.05) is 17.7 Å². The van der Waals surface area contributed by atoms with Crippen molar-refractivity contribution < 1.29 is 4.92 Å². The van der Waals surface area contributed by atoms with E-state index < -0.39 is 4.92 Å². The SMILES string of the molecule is [CH2]c1ccc(Cl)cc1[N+](=O)[O-]. The second kappa shape index (κ2) is 2.88. The third-order valence-electron chi connectivity index (χ3n) is 1.24. The first kappa shape index (κ1) is 8.01. The molecule has 0 unspecified atom stereocenters. The largest absolute Gasteiger partial charge is 0.274 e. The van der Waals surface area contributed by atoms with Crippen molar-refractivity contribution in [2.75, 3.05) is 0 Å². The average Bonchev–Trinajstić information content (AvgIpc) is 1.94.